The summed E-state index contributed by atoms with van der Waals surface area (Å²) in [7, 11) is 0. The Labute approximate surface area is 104 Å². The fraction of sp³-hybridized carbons (Fsp3) is 0.0769. The fourth-order valence-corrected chi connectivity index (χ4v) is 1.63. The number of rotatable bonds is 2. The van der Waals surface area contributed by atoms with Crippen LogP contribution in [-0.4, -0.2) is 10.9 Å². The van der Waals surface area contributed by atoms with E-state index < -0.39 is 0 Å². The van der Waals surface area contributed by atoms with E-state index in [1.54, 1.807) is 6.07 Å². The number of carbonyl (C=O) groups excluding carboxylic acids is 1. The standard InChI is InChI=1S/C13H13N3O2/c1-8-3-2-4-10(14)12(8)16-13(18)9-5-6-15-11(17)7-9/h2-7H,14H2,1H3,(H,15,17)(H,16,18). The summed E-state index contributed by atoms with van der Waals surface area (Å²) < 4.78 is 0. The van der Waals surface area contributed by atoms with Gasteiger partial charge in [0.15, 0.2) is 0 Å². The van der Waals surface area contributed by atoms with E-state index in [1.165, 1.54) is 18.3 Å². The molecular weight excluding hydrogens is 230 g/mol. The van der Waals surface area contributed by atoms with Gasteiger partial charge in [0.25, 0.3) is 5.91 Å². The number of carbonyl (C=O) groups is 1. The molecule has 5 nitrogen and oxygen atoms in total. The van der Waals surface area contributed by atoms with Crippen molar-refractivity contribution in [2.75, 3.05) is 11.1 Å². The Morgan fingerprint density at radius 1 is 1.33 bits per heavy atom. The predicted octanol–water partition coefficient (Wildman–Crippen LogP) is 1.52. The van der Waals surface area contributed by atoms with Crippen molar-refractivity contribution >= 4 is 17.3 Å². The maximum Gasteiger partial charge on any atom is 0.255 e. The van der Waals surface area contributed by atoms with Crippen LogP contribution in [0.15, 0.2) is 41.3 Å². The van der Waals surface area contributed by atoms with Crippen molar-refractivity contribution < 1.29 is 4.79 Å². The number of aryl methyl sites for hydroxylation is 1. The summed E-state index contributed by atoms with van der Waals surface area (Å²) in [4.78, 5) is 25.5. The van der Waals surface area contributed by atoms with Crippen LogP contribution >= 0.6 is 0 Å². The topological polar surface area (TPSA) is 88.0 Å². The summed E-state index contributed by atoms with van der Waals surface area (Å²) in [5, 5.41) is 2.71. The number of nitrogens with one attached hydrogen (secondary N) is 2. The quantitative estimate of drug-likeness (QED) is 0.699. The monoisotopic (exact) mass is 243 g/mol. The van der Waals surface area contributed by atoms with Gasteiger partial charge in [-0.3, -0.25) is 9.59 Å². The molecule has 0 radical (unpaired) electrons. The van der Waals surface area contributed by atoms with Crippen molar-refractivity contribution in [2.45, 2.75) is 6.92 Å². The normalized spacial score (nSPS) is 10.1. The van der Waals surface area contributed by atoms with Crippen LogP contribution in [0.5, 0.6) is 0 Å². The number of H-pyrrole nitrogens is 1. The summed E-state index contributed by atoms with van der Waals surface area (Å²) in [5.74, 6) is -0.359. The lowest BCUT2D eigenvalue weighted by Gasteiger charge is -2.10. The number of aromatic amines is 1. The second-order valence-electron chi connectivity index (χ2n) is 3.93. The van der Waals surface area contributed by atoms with E-state index in [4.69, 9.17) is 5.73 Å². The van der Waals surface area contributed by atoms with Gasteiger partial charge in [-0.25, -0.2) is 0 Å². The highest BCUT2D eigenvalue weighted by Crippen LogP contribution is 2.22. The highest BCUT2D eigenvalue weighted by atomic mass is 16.2. The van der Waals surface area contributed by atoms with Gasteiger partial charge in [0.2, 0.25) is 5.56 Å². The summed E-state index contributed by atoms with van der Waals surface area (Å²) >= 11 is 0. The van der Waals surface area contributed by atoms with Crippen LogP contribution in [0.2, 0.25) is 0 Å². The molecule has 2 rings (SSSR count). The van der Waals surface area contributed by atoms with Gasteiger partial charge in [-0.2, -0.15) is 0 Å². The molecule has 0 spiro atoms. The highest BCUT2D eigenvalue weighted by Gasteiger charge is 2.10. The second-order valence-corrected chi connectivity index (χ2v) is 3.93. The summed E-state index contributed by atoms with van der Waals surface area (Å²) in [5.41, 5.74) is 7.70. The van der Waals surface area contributed by atoms with Gasteiger partial charge in [-0.05, 0) is 24.6 Å². The molecule has 1 aromatic heterocycles. The van der Waals surface area contributed by atoms with E-state index in [2.05, 4.69) is 10.3 Å². The molecule has 1 heterocycles. The SMILES string of the molecule is Cc1cccc(N)c1NC(=O)c1cc[nH]c(=O)c1. The van der Waals surface area contributed by atoms with Crippen molar-refractivity contribution in [3.8, 4) is 0 Å². The fourth-order valence-electron chi connectivity index (χ4n) is 1.63. The highest BCUT2D eigenvalue weighted by molar-refractivity contribution is 6.06. The molecule has 92 valence electrons. The Balaban J connectivity index is 2.30. The van der Waals surface area contributed by atoms with E-state index in [9.17, 15) is 9.59 Å². The maximum atomic E-state index is 12.0. The van der Waals surface area contributed by atoms with Crippen LogP contribution < -0.4 is 16.6 Å². The van der Waals surface area contributed by atoms with Gasteiger partial charge in [0.1, 0.15) is 0 Å². The zero-order chi connectivity index (χ0) is 13.1. The minimum atomic E-state index is -0.359. The van der Waals surface area contributed by atoms with Gasteiger partial charge in [0, 0.05) is 17.8 Å². The van der Waals surface area contributed by atoms with E-state index in [1.807, 2.05) is 19.1 Å². The van der Waals surface area contributed by atoms with Crippen LogP contribution in [0.25, 0.3) is 0 Å². The molecule has 0 aliphatic rings. The number of hydrogen-bond acceptors (Lipinski definition) is 3. The molecular formula is C13H13N3O2. The lowest BCUT2D eigenvalue weighted by molar-refractivity contribution is 0.102. The number of para-hydroxylation sites is 1. The largest absolute Gasteiger partial charge is 0.397 e. The van der Waals surface area contributed by atoms with Gasteiger partial charge in [-0.15, -0.1) is 0 Å². The predicted molar refractivity (Wildman–Crippen MR) is 70.6 cm³/mol. The van der Waals surface area contributed by atoms with Crippen LogP contribution in [0, 0.1) is 6.92 Å². The molecule has 5 heteroatoms. The molecule has 0 aliphatic carbocycles. The smallest absolute Gasteiger partial charge is 0.255 e. The van der Waals surface area contributed by atoms with Gasteiger partial charge in [-0.1, -0.05) is 12.1 Å². The minimum Gasteiger partial charge on any atom is -0.397 e. The molecule has 0 bridgehead atoms. The second kappa shape index (κ2) is 4.75. The van der Waals surface area contributed by atoms with Crippen molar-refractivity contribution in [2.24, 2.45) is 0 Å². The van der Waals surface area contributed by atoms with Crippen LogP contribution in [0.3, 0.4) is 0 Å². The first-order chi connectivity index (χ1) is 8.58. The molecule has 1 amide bonds. The van der Waals surface area contributed by atoms with Crippen molar-refractivity contribution in [1.82, 2.24) is 4.98 Å². The summed E-state index contributed by atoms with van der Waals surface area (Å²) in [6, 6.07) is 8.15. The molecule has 0 fully saturated rings. The number of amides is 1. The molecule has 0 atom stereocenters. The lowest BCUT2D eigenvalue weighted by atomic mass is 10.1. The Morgan fingerprint density at radius 2 is 2.11 bits per heavy atom. The Kier molecular flexibility index (Phi) is 3.14. The number of benzene rings is 1. The average Bonchev–Trinajstić information content (AvgIpc) is 2.34. The van der Waals surface area contributed by atoms with E-state index in [-0.39, 0.29) is 11.5 Å². The molecule has 0 aliphatic heterocycles. The molecule has 0 saturated heterocycles. The number of nitrogen functional groups attached to an aromatic ring is 1. The zero-order valence-electron chi connectivity index (χ0n) is 9.86. The average molecular weight is 243 g/mol. The van der Waals surface area contributed by atoms with E-state index >= 15 is 0 Å². The first kappa shape index (κ1) is 11.9. The molecule has 18 heavy (non-hydrogen) atoms. The first-order valence-corrected chi connectivity index (χ1v) is 5.43. The van der Waals surface area contributed by atoms with E-state index in [0.717, 1.165) is 5.56 Å². The number of pyridine rings is 1. The number of hydrogen-bond donors (Lipinski definition) is 3. The van der Waals surface area contributed by atoms with Crippen LogP contribution in [0.1, 0.15) is 15.9 Å². The molecule has 1 aromatic carbocycles. The van der Waals surface area contributed by atoms with Crippen molar-refractivity contribution in [3.05, 3.63) is 58.0 Å². The zero-order valence-corrected chi connectivity index (χ0v) is 9.86. The molecule has 2 aromatic rings. The summed E-state index contributed by atoms with van der Waals surface area (Å²) in [6.45, 7) is 1.85. The minimum absolute atomic E-state index is 0.293. The van der Waals surface area contributed by atoms with Gasteiger partial charge in [0.05, 0.1) is 11.4 Å². The Bertz CT molecular complexity index is 626. The third-order valence-corrected chi connectivity index (χ3v) is 2.58. The van der Waals surface area contributed by atoms with Gasteiger partial charge < -0.3 is 16.0 Å². The van der Waals surface area contributed by atoms with Crippen LogP contribution in [0.4, 0.5) is 11.4 Å². The maximum absolute atomic E-state index is 12.0. The third kappa shape index (κ3) is 2.40. The van der Waals surface area contributed by atoms with Crippen LogP contribution in [-0.2, 0) is 0 Å². The van der Waals surface area contributed by atoms with E-state index in [0.29, 0.717) is 16.9 Å². The Morgan fingerprint density at radius 3 is 2.78 bits per heavy atom. The molecule has 0 unspecified atom stereocenters. The molecule has 4 N–H and O–H groups in total. The number of nitrogens with two attached hydrogens (primary N) is 1. The first-order valence-electron chi connectivity index (χ1n) is 5.43. The molecule has 0 saturated carbocycles. The van der Waals surface area contributed by atoms with Crippen molar-refractivity contribution in [1.29, 1.82) is 0 Å². The van der Waals surface area contributed by atoms with Crippen molar-refractivity contribution in [3.63, 3.8) is 0 Å². The summed E-state index contributed by atoms with van der Waals surface area (Å²) in [6.07, 6.45) is 1.43. The Hall–Kier alpha value is -2.56. The number of anilines is 2. The number of aromatic nitrogens is 1. The van der Waals surface area contributed by atoms with Gasteiger partial charge >= 0.3 is 0 Å². The third-order valence-electron chi connectivity index (χ3n) is 2.58. The lowest BCUT2D eigenvalue weighted by Crippen LogP contribution is -2.17.